The second-order valence-corrected chi connectivity index (χ2v) is 7.88. The third-order valence-corrected chi connectivity index (χ3v) is 5.64. The van der Waals surface area contributed by atoms with E-state index in [1.807, 2.05) is 47.0 Å². The van der Waals surface area contributed by atoms with Gasteiger partial charge in [0.1, 0.15) is 23.6 Å². The molecule has 8 heteroatoms. The second kappa shape index (κ2) is 9.97. The summed E-state index contributed by atoms with van der Waals surface area (Å²) in [5, 5.41) is 0. The third kappa shape index (κ3) is 4.81. The highest BCUT2D eigenvalue weighted by Crippen LogP contribution is 2.30. The highest BCUT2D eigenvalue weighted by Gasteiger charge is 2.20. The van der Waals surface area contributed by atoms with Gasteiger partial charge in [-0.2, -0.15) is 4.98 Å². The molecular weight excluding hydrogens is 418 g/mol. The van der Waals surface area contributed by atoms with Crippen molar-refractivity contribution in [2.45, 2.75) is 13.2 Å². The van der Waals surface area contributed by atoms with Crippen molar-refractivity contribution in [2.24, 2.45) is 0 Å². The fourth-order valence-electron chi connectivity index (χ4n) is 3.87. The number of imidazole rings is 1. The van der Waals surface area contributed by atoms with Gasteiger partial charge in [0, 0.05) is 32.3 Å². The second-order valence-electron chi connectivity index (χ2n) is 7.88. The number of anilines is 1. The maximum atomic E-state index is 6.06. The smallest absolute Gasteiger partial charge is 0.228 e. The Morgan fingerprint density at radius 3 is 2.67 bits per heavy atom. The molecule has 170 valence electrons. The van der Waals surface area contributed by atoms with Crippen LogP contribution in [0, 0.1) is 0 Å². The minimum atomic E-state index is 0.508. The zero-order valence-electron chi connectivity index (χ0n) is 18.7. The van der Waals surface area contributed by atoms with E-state index in [4.69, 9.17) is 24.2 Å². The first-order valence-electron chi connectivity index (χ1n) is 11.1. The summed E-state index contributed by atoms with van der Waals surface area (Å²) in [6, 6.07) is 18.1. The van der Waals surface area contributed by atoms with E-state index in [2.05, 4.69) is 22.0 Å². The summed E-state index contributed by atoms with van der Waals surface area (Å²) in [6.07, 6.45) is 1.81. The van der Waals surface area contributed by atoms with Gasteiger partial charge in [-0.3, -0.25) is 0 Å². The Morgan fingerprint density at radius 2 is 1.85 bits per heavy atom. The Labute approximate surface area is 192 Å². The van der Waals surface area contributed by atoms with Crippen LogP contribution in [0.25, 0.3) is 22.4 Å². The van der Waals surface area contributed by atoms with Crippen LogP contribution in [-0.2, 0) is 22.6 Å². The molecule has 1 saturated heterocycles. The molecule has 5 rings (SSSR count). The molecule has 0 N–H and O–H groups in total. The number of fused-ring (bicyclic) bond motifs is 1. The summed E-state index contributed by atoms with van der Waals surface area (Å²) in [6.45, 7) is 4.63. The minimum absolute atomic E-state index is 0.508. The number of hydrogen-bond donors (Lipinski definition) is 0. The molecule has 1 aliphatic heterocycles. The van der Waals surface area contributed by atoms with Crippen molar-refractivity contribution in [1.82, 2.24) is 19.5 Å². The van der Waals surface area contributed by atoms with Crippen LogP contribution in [0.3, 0.4) is 0 Å². The van der Waals surface area contributed by atoms with Gasteiger partial charge < -0.3 is 23.7 Å². The lowest BCUT2D eigenvalue weighted by Crippen LogP contribution is -2.37. The van der Waals surface area contributed by atoms with E-state index in [0.29, 0.717) is 38.9 Å². The zero-order valence-corrected chi connectivity index (χ0v) is 18.7. The summed E-state index contributed by atoms with van der Waals surface area (Å²) >= 11 is 0. The maximum absolute atomic E-state index is 6.06. The number of hydrogen-bond acceptors (Lipinski definition) is 7. The van der Waals surface area contributed by atoms with E-state index in [1.54, 1.807) is 13.4 Å². The predicted octanol–water partition coefficient (Wildman–Crippen LogP) is 3.56. The van der Waals surface area contributed by atoms with Gasteiger partial charge in [-0.25, -0.2) is 9.97 Å². The van der Waals surface area contributed by atoms with Crippen molar-refractivity contribution >= 4 is 17.1 Å². The van der Waals surface area contributed by atoms with E-state index in [-0.39, 0.29) is 0 Å². The lowest BCUT2D eigenvalue weighted by molar-refractivity contribution is 0.122. The molecule has 33 heavy (non-hydrogen) atoms. The molecule has 1 aliphatic rings. The topological polar surface area (TPSA) is 74.5 Å². The Kier molecular flexibility index (Phi) is 6.46. The van der Waals surface area contributed by atoms with E-state index in [1.165, 1.54) is 0 Å². The highest BCUT2D eigenvalue weighted by molar-refractivity contribution is 5.88. The molecule has 0 spiro atoms. The number of benzene rings is 2. The normalized spacial score (nSPS) is 14.0. The monoisotopic (exact) mass is 445 g/mol. The molecule has 8 nitrogen and oxygen atoms in total. The average Bonchev–Trinajstić information content (AvgIpc) is 3.30. The number of rotatable bonds is 8. The van der Waals surface area contributed by atoms with Crippen molar-refractivity contribution in [3.05, 3.63) is 66.5 Å². The van der Waals surface area contributed by atoms with Gasteiger partial charge in [0.15, 0.2) is 5.65 Å². The number of ether oxygens (including phenoxy) is 3. The van der Waals surface area contributed by atoms with Crippen LogP contribution in [-0.4, -0.2) is 59.5 Å². The molecular formula is C25H27N5O3. The zero-order chi connectivity index (χ0) is 22.5. The molecule has 2 aromatic heterocycles. The first-order valence-corrected chi connectivity index (χ1v) is 11.1. The molecule has 0 atom stereocenters. The van der Waals surface area contributed by atoms with Crippen LogP contribution in [0.1, 0.15) is 5.56 Å². The van der Waals surface area contributed by atoms with Crippen LogP contribution in [0.5, 0.6) is 5.75 Å². The van der Waals surface area contributed by atoms with E-state index in [0.717, 1.165) is 46.8 Å². The maximum Gasteiger partial charge on any atom is 0.228 e. The quantitative estimate of drug-likeness (QED) is 0.411. The number of morpholine rings is 1. The fourth-order valence-corrected chi connectivity index (χ4v) is 3.87. The van der Waals surface area contributed by atoms with Gasteiger partial charge in [0.05, 0.1) is 26.1 Å². The Bertz CT molecular complexity index is 1210. The molecule has 0 radical (unpaired) electrons. The molecule has 0 unspecified atom stereocenters. The Morgan fingerprint density at radius 1 is 1.00 bits per heavy atom. The summed E-state index contributed by atoms with van der Waals surface area (Å²) in [4.78, 5) is 16.6. The number of aromatic nitrogens is 4. The van der Waals surface area contributed by atoms with Crippen molar-refractivity contribution in [3.63, 3.8) is 0 Å². The molecule has 0 saturated carbocycles. The summed E-state index contributed by atoms with van der Waals surface area (Å²) in [5.41, 5.74) is 4.43. The first-order chi connectivity index (χ1) is 16.3. The van der Waals surface area contributed by atoms with Crippen LogP contribution in [0.4, 0.5) is 5.95 Å². The third-order valence-electron chi connectivity index (χ3n) is 5.64. The van der Waals surface area contributed by atoms with Gasteiger partial charge in [0.25, 0.3) is 0 Å². The van der Waals surface area contributed by atoms with Gasteiger partial charge in [-0.1, -0.05) is 42.5 Å². The van der Waals surface area contributed by atoms with Gasteiger partial charge >= 0.3 is 0 Å². The number of methoxy groups -OCH3 is 1. The number of nitrogens with zero attached hydrogens (tertiary/aromatic N) is 5. The van der Waals surface area contributed by atoms with Crippen LogP contribution in [0.2, 0.25) is 0 Å². The van der Waals surface area contributed by atoms with E-state index >= 15 is 0 Å². The molecule has 2 aromatic carbocycles. The van der Waals surface area contributed by atoms with Crippen LogP contribution in [0.15, 0.2) is 60.9 Å². The van der Waals surface area contributed by atoms with Crippen LogP contribution >= 0.6 is 0 Å². The van der Waals surface area contributed by atoms with Gasteiger partial charge in [-0.05, 0) is 17.7 Å². The predicted molar refractivity (Wildman–Crippen MR) is 126 cm³/mol. The Hall–Kier alpha value is -3.49. The average molecular weight is 446 g/mol. The van der Waals surface area contributed by atoms with Gasteiger partial charge in [0.2, 0.25) is 5.95 Å². The summed E-state index contributed by atoms with van der Waals surface area (Å²) < 4.78 is 18.9. The molecule has 0 bridgehead atoms. The van der Waals surface area contributed by atoms with Crippen LogP contribution < -0.4 is 9.64 Å². The highest BCUT2D eigenvalue weighted by atomic mass is 16.5. The van der Waals surface area contributed by atoms with Crippen molar-refractivity contribution in [2.75, 3.05) is 44.9 Å². The lowest BCUT2D eigenvalue weighted by Gasteiger charge is -2.27. The van der Waals surface area contributed by atoms with Crippen molar-refractivity contribution in [1.29, 1.82) is 0 Å². The van der Waals surface area contributed by atoms with Crippen molar-refractivity contribution in [3.8, 4) is 17.0 Å². The van der Waals surface area contributed by atoms with Crippen molar-refractivity contribution < 1.29 is 14.2 Å². The Balaban J connectivity index is 1.51. The molecule has 0 amide bonds. The summed E-state index contributed by atoms with van der Waals surface area (Å²) in [7, 11) is 1.69. The SMILES string of the molecule is COCCn1cnc2c(-c3cccc(OCc4ccccc4)c3)nc(N3CCOCC3)nc21. The molecule has 3 heterocycles. The molecule has 0 aliphatic carbocycles. The summed E-state index contributed by atoms with van der Waals surface area (Å²) in [5.74, 6) is 1.48. The van der Waals surface area contributed by atoms with E-state index < -0.39 is 0 Å². The van der Waals surface area contributed by atoms with E-state index in [9.17, 15) is 0 Å². The van der Waals surface area contributed by atoms with Gasteiger partial charge in [-0.15, -0.1) is 0 Å². The molecule has 4 aromatic rings. The molecule has 1 fully saturated rings. The largest absolute Gasteiger partial charge is 0.489 e. The minimum Gasteiger partial charge on any atom is -0.489 e. The lowest BCUT2D eigenvalue weighted by atomic mass is 10.1. The standard InChI is InChI=1S/C25H27N5O3/c1-31-13-10-30-18-26-23-22(27-25(28-24(23)30)29-11-14-32-15-12-29)20-8-5-9-21(16-20)33-17-19-6-3-2-4-7-19/h2-9,16,18H,10-15,17H2,1H3. The first kappa shape index (κ1) is 21.4. The fraction of sp³-hybridized carbons (Fsp3) is 0.320.